The molecule has 0 atom stereocenters. The minimum absolute atomic E-state index is 0.127. The fourth-order valence-corrected chi connectivity index (χ4v) is 3.07. The SMILES string of the molecule is CCOC(=O)c1cc(O)c2cc3c(OC)ccc(F)c3c(OC(C)C)c2c1. The van der Waals surface area contributed by atoms with Gasteiger partial charge in [-0.25, -0.2) is 9.18 Å². The number of methoxy groups -OCH3 is 1. The Hall–Kier alpha value is -3.02. The summed E-state index contributed by atoms with van der Waals surface area (Å²) < 4.78 is 31.0. The highest BCUT2D eigenvalue weighted by atomic mass is 19.1. The summed E-state index contributed by atoms with van der Waals surface area (Å²) in [4.78, 5) is 12.1. The van der Waals surface area contributed by atoms with Crippen LogP contribution in [0.5, 0.6) is 17.2 Å². The summed E-state index contributed by atoms with van der Waals surface area (Å²) in [6, 6.07) is 7.33. The lowest BCUT2D eigenvalue weighted by atomic mass is 9.98. The smallest absolute Gasteiger partial charge is 0.338 e. The number of phenols is 1. The van der Waals surface area contributed by atoms with Gasteiger partial charge < -0.3 is 19.3 Å². The molecule has 3 aromatic carbocycles. The molecule has 0 aliphatic carbocycles. The highest BCUT2D eigenvalue weighted by molar-refractivity contribution is 6.11. The Morgan fingerprint density at radius 1 is 1.15 bits per heavy atom. The van der Waals surface area contributed by atoms with Gasteiger partial charge in [-0.05, 0) is 51.1 Å². The van der Waals surface area contributed by atoms with Crippen LogP contribution in [0.2, 0.25) is 0 Å². The van der Waals surface area contributed by atoms with Crippen molar-refractivity contribution in [3.63, 3.8) is 0 Å². The van der Waals surface area contributed by atoms with Crippen LogP contribution in [-0.4, -0.2) is 30.9 Å². The molecule has 0 bridgehead atoms. The lowest BCUT2D eigenvalue weighted by molar-refractivity contribution is 0.0526. The molecule has 0 unspecified atom stereocenters. The van der Waals surface area contributed by atoms with Gasteiger partial charge in [-0.3, -0.25) is 0 Å². The molecule has 0 aromatic heterocycles. The van der Waals surface area contributed by atoms with Crippen molar-refractivity contribution in [2.75, 3.05) is 13.7 Å². The maximum absolute atomic E-state index is 14.7. The van der Waals surface area contributed by atoms with Crippen LogP contribution in [0.15, 0.2) is 30.3 Å². The summed E-state index contributed by atoms with van der Waals surface area (Å²) >= 11 is 0. The summed E-state index contributed by atoms with van der Waals surface area (Å²) in [5.74, 6) is -0.482. The molecule has 0 spiro atoms. The molecule has 0 amide bonds. The molecule has 0 aliphatic rings. The molecule has 0 saturated heterocycles. The van der Waals surface area contributed by atoms with E-state index in [0.29, 0.717) is 21.9 Å². The molecule has 3 rings (SSSR count). The number of fused-ring (bicyclic) bond motifs is 2. The number of esters is 1. The quantitative estimate of drug-likeness (QED) is 0.514. The summed E-state index contributed by atoms with van der Waals surface area (Å²) in [5.41, 5.74) is 0.165. The molecule has 3 aromatic rings. The molecule has 1 N–H and O–H groups in total. The Bertz CT molecular complexity index is 1030. The molecular weight excluding hydrogens is 351 g/mol. The third-order valence-electron chi connectivity index (χ3n) is 4.16. The Morgan fingerprint density at radius 2 is 1.89 bits per heavy atom. The Labute approximate surface area is 156 Å². The van der Waals surface area contributed by atoms with Crippen molar-refractivity contribution < 1.29 is 28.5 Å². The van der Waals surface area contributed by atoms with Gasteiger partial charge in [-0.15, -0.1) is 0 Å². The van der Waals surface area contributed by atoms with Gasteiger partial charge in [-0.1, -0.05) is 0 Å². The predicted octanol–water partition coefficient (Wildman–Crippen LogP) is 4.81. The zero-order chi connectivity index (χ0) is 19.7. The maximum atomic E-state index is 14.7. The van der Waals surface area contributed by atoms with E-state index in [4.69, 9.17) is 14.2 Å². The number of hydrogen-bond donors (Lipinski definition) is 1. The lowest BCUT2D eigenvalue weighted by Crippen LogP contribution is -2.08. The number of carbonyl (C=O) groups is 1. The second-order valence-corrected chi connectivity index (χ2v) is 6.36. The first-order chi connectivity index (χ1) is 12.9. The van der Waals surface area contributed by atoms with Gasteiger partial charge in [-0.2, -0.15) is 0 Å². The van der Waals surface area contributed by atoms with Gasteiger partial charge >= 0.3 is 5.97 Å². The van der Waals surface area contributed by atoms with Gasteiger partial charge in [0.2, 0.25) is 0 Å². The van der Waals surface area contributed by atoms with Crippen molar-refractivity contribution in [1.82, 2.24) is 0 Å². The maximum Gasteiger partial charge on any atom is 0.338 e. The zero-order valence-corrected chi connectivity index (χ0v) is 15.6. The number of hydrogen-bond acceptors (Lipinski definition) is 5. The third kappa shape index (κ3) is 3.35. The van der Waals surface area contributed by atoms with Crippen molar-refractivity contribution in [2.24, 2.45) is 0 Å². The van der Waals surface area contributed by atoms with Gasteiger partial charge in [0.05, 0.1) is 30.8 Å². The van der Waals surface area contributed by atoms with Gasteiger partial charge in [0.25, 0.3) is 0 Å². The van der Waals surface area contributed by atoms with E-state index in [2.05, 4.69) is 0 Å². The minimum atomic E-state index is -0.573. The number of ether oxygens (including phenoxy) is 3. The van der Waals surface area contributed by atoms with Crippen LogP contribution < -0.4 is 9.47 Å². The molecule has 0 saturated carbocycles. The molecule has 6 heteroatoms. The van der Waals surface area contributed by atoms with Gasteiger partial charge in [0.15, 0.2) is 0 Å². The summed E-state index contributed by atoms with van der Waals surface area (Å²) in [6.07, 6.45) is -0.252. The highest BCUT2D eigenvalue weighted by Gasteiger charge is 2.21. The average molecular weight is 372 g/mol. The van der Waals surface area contributed by atoms with Crippen LogP contribution in [0.3, 0.4) is 0 Å². The monoisotopic (exact) mass is 372 g/mol. The van der Waals surface area contributed by atoms with Crippen LogP contribution in [0.4, 0.5) is 4.39 Å². The Kier molecular flexibility index (Phi) is 5.08. The van der Waals surface area contributed by atoms with Gasteiger partial charge in [0, 0.05) is 16.2 Å². The van der Waals surface area contributed by atoms with Crippen LogP contribution >= 0.6 is 0 Å². The first kappa shape index (κ1) is 18.8. The van der Waals surface area contributed by atoms with Crippen molar-refractivity contribution in [3.8, 4) is 17.2 Å². The molecule has 0 fully saturated rings. The van der Waals surface area contributed by atoms with E-state index < -0.39 is 11.8 Å². The van der Waals surface area contributed by atoms with Crippen LogP contribution in [0.25, 0.3) is 21.5 Å². The lowest BCUT2D eigenvalue weighted by Gasteiger charge is -2.18. The summed E-state index contributed by atoms with van der Waals surface area (Å²) in [6.45, 7) is 5.54. The predicted molar refractivity (Wildman–Crippen MR) is 101 cm³/mol. The molecule has 27 heavy (non-hydrogen) atoms. The van der Waals surface area contributed by atoms with E-state index in [0.717, 1.165) is 0 Å². The normalized spacial score (nSPS) is 11.2. The molecule has 5 nitrogen and oxygen atoms in total. The second-order valence-electron chi connectivity index (χ2n) is 6.36. The average Bonchev–Trinajstić information content (AvgIpc) is 2.62. The van der Waals surface area contributed by atoms with E-state index in [1.807, 2.05) is 13.8 Å². The Balaban J connectivity index is 2.45. The Morgan fingerprint density at radius 3 is 2.52 bits per heavy atom. The van der Waals surface area contributed by atoms with Crippen molar-refractivity contribution in [3.05, 3.63) is 41.7 Å². The summed E-state index contributed by atoms with van der Waals surface area (Å²) in [5, 5.41) is 12.1. The van der Waals surface area contributed by atoms with Crippen molar-refractivity contribution in [1.29, 1.82) is 0 Å². The molecule has 142 valence electrons. The number of halogens is 1. The third-order valence-corrected chi connectivity index (χ3v) is 4.16. The molecular formula is C21H21FO5. The zero-order valence-electron chi connectivity index (χ0n) is 15.6. The van der Waals surface area contributed by atoms with Crippen LogP contribution in [0.1, 0.15) is 31.1 Å². The fraction of sp³-hybridized carbons (Fsp3) is 0.286. The van der Waals surface area contributed by atoms with Crippen molar-refractivity contribution in [2.45, 2.75) is 26.9 Å². The topological polar surface area (TPSA) is 65.0 Å². The number of rotatable bonds is 5. The molecule has 0 heterocycles. The standard InChI is InChI=1S/C21H21FO5/c1-5-26-21(24)12-8-14-13(17(23)9-12)10-15-18(25-4)7-6-16(22)19(15)20(14)27-11(2)3/h6-11,23H,5H2,1-4H3. The second kappa shape index (κ2) is 7.31. The molecule has 0 radical (unpaired) electrons. The number of carbonyl (C=O) groups excluding carboxylic acids is 1. The van der Waals surface area contributed by atoms with E-state index in [9.17, 15) is 14.3 Å². The fourth-order valence-electron chi connectivity index (χ4n) is 3.07. The highest BCUT2D eigenvalue weighted by Crippen LogP contribution is 2.43. The first-order valence-corrected chi connectivity index (χ1v) is 8.67. The number of aromatic hydroxyl groups is 1. The number of phenolic OH excluding ortho intramolecular Hbond substituents is 1. The molecule has 0 aliphatic heterocycles. The van der Waals surface area contributed by atoms with Crippen LogP contribution in [0, 0.1) is 5.82 Å². The van der Waals surface area contributed by atoms with E-state index in [-0.39, 0.29) is 35.2 Å². The van der Waals surface area contributed by atoms with E-state index in [1.165, 1.54) is 25.3 Å². The van der Waals surface area contributed by atoms with Gasteiger partial charge in [0.1, 0.15) is 23.1 Å². The van der Waals surface area contributed by atoms with Crippen molar-refractivity contribution >= 4 is 27.5 Å². The van der Waals surface area contributed by atoms with E-state index in [1.54, 1.807) is 19.1 Å². The number of benzene rings is 3. The summed E-state index contributed by atoms with van der Waals surface area (Å²) in [7, 11) is 1.49. The van der Waals surface area contributed by atoms with Crippen LogP contribution in [-0.2, 0) is 4.74 Å². The largest absolute Gasteiger partial charge is 0.507 e. The van der Waals surface area contributed by atoms with E-state index >= 15 is 0 Å². The first-order valence-electron chi connectivity index (χ1n) is 8.67. The minimum Gasteiger partial charge on any atom is -0.507 e.